The summed E-state index contributed by atoms with van der Waals surface area (Å²) in [5.74, 6) is 0. The number of aldehydes is 1. The minimum Gasteiger partial charge on any atom is -0.302 e. The van der Waals surface area contributed by atoms with E-state index in [4.69, 9.17) is 0 Å². The van der Waals surface area contributed by atoms with Crippen LogP contribution in [0.1, 0.15) is 5.56 Å². The van der Waals surface area contributed by atoms with Crippen LogP contribution in [0.25, 0.3) is 0 Å². The second kappa shape index (κ2) is 4.77. The van der Waals surface area contributed by atoms with Gasteiger partial charge in [-0.25, -0.2) is 0 Å². The molecule has 1 aromatic rings. The summed E-state index contributed by atoms with van der Waals surface area (Å²) in [5, 5.41) is 0. The molecule has 0 N–H and O–H groups in total. The molecule has 0 aromatic heterocycles. The SMILES string of the molecule is [CH2]C(C=O)N(C)Cc1ccccc1. The minimum atomic E-state index is -0.264. The van der Waals surface area contributed by atoms with Gasteiger partial charge < -0.3 is 4.79 Å². The third kappa shape index (κ3) is 2.99. The lowest BCUT2D eigenvalue weighted by molar-refractivity contribution is -0.110. The molecular formula is C11H14NO. The van der Waals surface area contributed by atoms with Crippen LogP contribution >= 0.6 is 0 Å². The van der Waals surface area contributed by atoms with Crippen LogP contribution in [-0.4, -0.2) is 24.3 Å². The molecule has 0 fully saturated rings. The van der Waals surface area contributed by atoms with Crippen LogP contribution in [0, 0.1) is 6.92 Å². The van der Waals surface area contributed by atoms with Gasteiger partial charge in [-0.3, -0.25) is 4.90 Å². The molecule has 0 bridgehead atoms. The fourth-order valence-electron chi connectivity index (χ4n) is 1.09. The van der Waals surface area contributed by atoms with E-state index in [-0.39, 0.29) is 6.04 Å². The van der Waals surface area contributed by atoms with Crippen molar-refractivity contribution in [2.75, 3.05) is 7.05 Å². The number of hydrogen-bond acceptors (Lipinski definition) is 2. The maximum atomic E-state index is 10.4. The largest absolute Gasteiger partial charge is 0.302 e. The van der Waals surface area contributed by atoms with Crippen LogP contribution in [0.2, 0.25) is 0 Å². The van der Waals surface area contributed by atoms with Crippen LogP contribution in [-0.2, 0) is 11.3 Å². The van der Waals surface area contributed by atoms with Gasteiger partial charge in [0.05, 0.1) is 6.04 Å². The molecular weight excluding hydrogens is 162 g/mol. The third-order valence-electron chi connectivity index (χ3n) is 2.00. The molecule has 0 aliphatic heterocycles. The number of carbonyl (C=O) groups is 1. The van der Waals surface area contributed by atoms with Crippen molar-refractivity contribution in [2.24, 2.45) is 0 Å². The van der Waals surface area contributed by atoms with E-state index in [1.54, 1.807) is 0 Å². The Labute approximate surface area is 79.2 Å². The molecule has 0 amide bonds. The maximum Gasteiger partial charge on any atom is 0.137 e. The zero-order valence-corrected chi connectivity index (χ0v) is 7.81. The molecule has 1 rings (SSSR count). The standard InChI is InChI=1S/C11H14NO/c1-10(9-13)12(2)8-11-6-4-3-5-7-11/h3-7,9-10H,1,8H2,2H3. The van der Waals surface area contributed by atoms with E-state index in [0.717, 1.165) is 12.8 Å². The van der Waals surface area contributed by atoms with Crippen molar-refractivity contribution >= 4 is 6.29 Å². The Balaban J connectivity index is 2.54. The van der Waals surface area contributed by atoms with Gasteiger partial charge in [-0.15, -0.1) is 0 Å². The van der Waals surface area contributed by atoms with Gasteiger partial charge in [0, 0.05) is 6.54 Å². The highest BCUT2D eigenvalue weighted by Crippen LogP contribution is 2.04. The molecule has 0 aliphatic rings. The number of nitrogens with zero attached hydrogens (tertiary/aromatic N) is 1. The second-order valence-corrected chi connectivity index (χ2v) is 3.10. The van der Waals surface area contributed by atoms with Gasteiger partial charge >= 0.3 is 0 Å². The molecule has 0 saturated heterocycles. The minimum absolute atomic E-state index is 0.264. The van der Waals surface area contributed by atoms with E-state index in [0.29, 0.717) is 0 Å². The molecule has 69 valence electrons. The van der Waals surface area contributed by atoms with Gasteiger partial charge in [-0.1, -0.05) is 30.3 Å². The Morgan fingerprint density at radius 2 is 2.08 bits per heavy atom. The molecule has 13 heavy (non-hydrogen) atoms. The summed E-state index contributed by atoms with van der Waals surface area (Å²) in [6, 6.07) is 9.76. The van der Waals surface area contributed by atoms with Crippen molar-refractivity contribution in [2.45, 2.75) is 12.6 Å². The van der Waals surface area contributed by atoms with Crippen molar-refractivity contribution in [3.8, 4) is 0 Å². The Kier molecular flexibility index (Phi) is 3.65. The predicted octanol–water partition coefficient (Wildman–Crippen LogP) is 1.52. The van der Waals surface area contributed by atoms with Crippen LogP contribution in [0.4, 0.5) is 0 Å². The quantitative estimate of drug-likeness (QED) is 0.648. The number of benzene rings is 1. The number of rotatable bonds is 4. The van der Waals surface area contributed by atoms with Crippen LogP contribution in [0.3, 0.4) is 0 Å². The average molecular weight is 176 g/mol. The zero-order valence-electron chi connectivity index (χ0n) is 7.81. The lowest BCUT2D eigenvalue weighted by Crippen LogP contribution is -2.29. The molecule has 0 aliphatic carbocycles. The summed E-state index contributed by atoms with van der Waals surface area (Å²) in [6.45, 7) is 4.47. The van der Waals surface area contributed by atoms with Crippen molar-refractivity contribution in [1.29, 1.82) is 0 Å². The van der Waals surface area contributed by atoms with Crippen molar-refractivity contribution in [1.82, 2.24) is 4.90 Å². The van der Waals surface area contributed by atoms with Crippen molar-refractivity contribution in [3.05, 3.63) is 42.8 Å². The summed E-state index contributed by atoms with van der Waals surface area (Å²) in [4.78, 5) is 12.3. The Hall–Kier alpha value is -1.15. The van der Waals surface area contributed by atoms with Gasteiger partial charge in [0.25, 0.3) is 0 Å². The molecule has 1 aromatic carbocycles. The molecule has 0 spiro atoms. The smallest absolute Gasteiger partial charge is 0.137 e. The normalized spacial score (nSPS) is 12.8. The highest BCUT2D eigenvalue weighted by molar-refractivity contribution is 5.58. The molecule has 1 atom stereocenters. The Morgan fingerprint density at radius 1 is 1.46 bits per heavy atom. The summed E-state index contributed by atoms with van der Waals surface area (Å²) in [5.41, 5.74) is 1.19. The number of carbonyl (C=O) groups excluding carboxylic acids is 1. The second-order valence-electron chi connectivity index (χ2n) is 3.10. The van der Waals surface area contributed by atoms with E-state index < -0.39 is 0 Å². The molecule has 2 nitrogen and oxygen atoms in total. The van der Waals surface area contributed by atoms with Crippen LogP contribution in [0.5, 0.6) is 0 Å². The van der Waals surface area contributed by atoms with E-state index in [9.17, 15) is 4.79 Å². The van der Waals surface area contributed by atoms with Gasteiger partial charge in [0.1, 0.15) is 6.29 Å². The average Bonchev–Trinajstić information content (AvgIpc) is 2.18. The summed E-state index contributed by atoms with van der Waals surface area (Å²) >= 11 is 0. The van der Waals surface area contributed by atoms with Crippen LogP contribution in [0.15, 0.2) is 30.3 Å². The molecule has 1 radical (unpaired) electrons. The Morgan fingerprint density at radius 3 is 2.62 bits per heavy atom. The highest BCUT2D eigenvalue weighted by Gasteiger charge is 2.06. The predicted molar refractivity (Wildman–Crippen MR) is 53.1 cm³/mol. The maximum absolute atomic E-state index is 10.4. The van der Waals surface area contributed by atoms with Crippen LogP contribution < -0.4 is 0 Å². The highest BCUT2D eigenvalue weighted by atomic mass is 16.1. The molecule has 1 unspecified atom stereocenters. The first-order chi connectivity index (χ1) is 6.24. The van der Waals surface area contributed by atoms with Gasteiger partial charge in [0.2, 0.25) is 0 Å². The van der Waals surface area contributed by atoms with E-state index >= 15 is 0 Å². The Bertz CT molecular complexity index is 258. The van der Waals surface area contributed by atoms with Gasteiger partial charge in [-0.2, -0.15) is 0 Å². The summed E-state index contributed by atoms with van der Waals surface area (Å²) in [7, 11) is 1.89. The lowest BCUT2D eigenvalue weighted by atomic mass is 10.2. The van der Waals surface area contributed by atoms with E-state index in [1.165, 1.54) is 5.56 Å². The molecule has 2 heteroatoms. The monoisotopic (exact) mass is 176 g/mol. The fourth-order valence-corrected chi connectivity index (χ4v) is 1.09. The van der Waals surface area contributed by atoms with Crippen molar-refractivity contribution in [3.63, 3.8) is 0 Å². The number of likely N-dealkylation sites (N-methyl/N-ethyl adjacent to an activating group) is 1. The van der Waals surface area contributed by atoms with E-state index in [1.807, 2.05) is 42.3 Å². The summed E-state index contributed by atoms with van der Waals surface area (Å²) < 4.78 is 0. The molecule has 0 saturated carbocycles. The van der Waals surface area contributed by atoms with Crippen molar-refractivity contribution < 1.29 is 4.79 Å². The topological polar surface area (TPSA) is 20.3 Å². The lowest BCUT2D eigenvalue weighted by Gasteiger charge is -2.19. The zero-order chi connectivity index (χ0) is 9.68. The van der Waals surface area contributed by atoms with Gasteiger partial charge in [0.15, 0.2) is 0 Å². The third-order valence-corrected chi connectivity index (χ3v) is 2.00. The summed E-state index contributed by atoms with van der Waals surface area (Å²) in [6.07, 6.45) is 0.850. The first-order valence-electron chi connectivity index (χ1n) is 4.26. The molecule has 0 heterocycles. The number of hydrogen-bond donors (Lipinski definition) is 0. The van der Waals surface area contributed by atoms with E-state index in [2.05, 4.69) is 6.92 Å². The first kappa shape index (κ1) is 9.93. The first-order valence-corrected chi connectivity index (χ1v) is 4.26. The fraction of sp³-hybridized carbons (Fsp3) is 0.273. The van der Waals surface area contributed by atoms with Gasteiger partial charge in [-0.05, 0) is 19.5 Å².